The van der Waals surface area contributed by atoms with Crippen molar-refractivity contribution in [3.05, 3.63) is 47.6 Å². The Hall–Kier alpha value is -2.12. The minimum absolute atomic E-state index is 0.688. The maximum Gasteiger partial charge on any atom is 0.145 e. The molecule has 16 heavy (non-hydrogen) atoms. The highest BCUT2D eigenvalue weighted by atomic mass is 32.1. The third-order valence-corrected chi connectivity index (χ3v) is 3.34. The Morgan fingerprint density at radius 2 is 2.25 bits per heavy atom. The molecule has 0 radical (unpaired) electrons. The smallest absolute Gasteiger partial charge is 0.145 e. The number of nitriles is 1. The van der Waals surface area contributed by atoms with Crippen molar-refractivity contribution >= 4 is 22.4 Å². The zero-order chi connectivity index (χ0) is 11.0. The van der Waals surface area contributed by atoms with Crippen LogP contribution >= 0.6 is 11.3 Å². The summed E-state index contributed by atoms with van der Waals surface area (Å²) >= 11 is 1.55. The zero-order valence-electron chi connectivity index (χ0n) is 8.29. The number of rotatable bonds is 1. The maximum absolute atomic E-state index is 9.00. The highest BCUT2D eigenvalue weighted by molar-refractivity contribution is 7.12. The van der Waals surface area contributed by atoms with E-state index in [-0.39, 0.29) is 0 Å². The van der Waals surface area contributed by atoms with Crippen LogP contribution in [-0.4, -0.2) is 9.55 Å². The van der Waals surface area contributed by atoms with Crippen LogP contribution in [0.3, 0.4) is 0 Å². The average Bonchev–Trinajstić information content (AvgIpc) is 2.94. The number of thiophene rings is 1. The van der Waals surface area contributed by atoms with Gasteiger partial charge in [-0.1, -0.05) is 0 Å². The molecule has 0 aromatic carbocycles. The SMILES string of the molecule is N#Cc1ccsc1-n1ccc2cccnc21. The number of hydrogen-bond donors (Lipinski definition) is 0. The van der Waals surface area contributed by atoms with Crippen LogP contribution in [0.2, 0.25) is 0 Å². The zero-order valence-corrected chi connectivity index (χ0v) is 9.11. The fraction of sp³-hybridized carbons (Fsp3) is 0. The van der Waals surface area contributed by atoms with Crippen LogP contribution in [0.4, 0.5) is 0 Å². The largest absolute Gasteiger partial charge is 0.291 e. The quantitative estimate of drug-likeness (QED) is 0.639. The molecule has 0 fully saturated rings. The van der Waals surface area contributed by atoms with E-state index in [1.165, 1.54) is 0 Å². The molecule has 3 heterocycles. The van der Waals surface area contributed by atoms with Gasteiger partial charge in [0.25, 0.3) is 0 Å². The molecule has 0 N–H and O–H groups in total. The van der Waals surface area contributed by atoms with Crippen LogP contribution in [0.5, 0.6) is 0 Å². The minimum Gasteiger partial charge on any atom is -0.291 e. The van der Waals surface area contributed by atoms with Crippen molar-refractivity contribution in [2.75, 3.05) is 0 Å². The molecule has 3 rings (SSSR count). The van der Waals surface area contributed by atoms with Gasteiger partial charge in [-0.2, -0.15) is 5.26 Å². The molecular formula is C12H7N3S. The normalized spacial score (nSPS) is 10.4. The highest BCUT2D eigenvalue weighted by Crippen LogP contribution is 2.25. The standard InChI is InChI=1S/C12H7N3S/c13-8-10-4-7-16-12(10)15-6-3-9-2-1-5-14-11(9)15/h1-7H. The van der Waals surface area contributed by atoms with Crippen molar-refractivity contribution in [1.82, 2.24) is 9.55 Å². The Morgan fingerprint density at radius 1 is 1.31 bits per heavy atom. The lowest BCUT2D eigenvalue weighted by molar-refractivity contribution is 1.12. The summed E-state index contributed by atoms with van der Waals surface area (Å²) in [6.45, 7) is 0. The Bertz CT molecular complexity index is 687. The molecule has 3 aromatic rings. The Morgan fingerprint density at radius 3 is 3.12 bits per heavy atom. The van der Waals surface area contributed by atoms with E-state index in [0.29, 0.717) is 5.56 Å². The lowest BCUT2D eigenvalue weighted by atomic mass is 10.3. The summed E-state index contributed by atoms with van der Waals surface area (Å²) in [6, 6.07) is 9.94. The monoisotopic (exact) mass is 225 g/mol. The lowest BCUT2D eigenvalue weighted by Gasteiger charge is -2.00. The van der Waals surface area contributed by atoms with E-state index < -0.39 is 0 Å². The molecule has 3 nitrogen and oxygen atoms in total. The number of nitrogens with zero attached hydrogens (tertiary/aromatic N) is 3. The second kappa shape index (κ2) is 3.47. The van der Waals surface area contributed by atoms with Crippen molar-refractivity contribution in [3.63, 3.8) is 0 Å². The van der Waals surface area contributed by atoms with Gasteiger partial charge < -0.3 is 0 Å². The molecule has 0 saturated heterocycles. The first-order chi connectivity index (χ1) is 7.90. The van der Waals surface area contributed by atoms with Gasteiger partial charge in [-0.3, -0.25) is 4.57 Å². The molecular weight excluding hydrogens is 218 g/mol. The number of hydrogen-bond acceptors (Lipinski definition) is 3. The molecule has 0 aliphatic heterocycles. The van der Waals surface area contributed by atoms with E-state index in [9.17, 15) is 0 Å². The van der Waals surface area contributed by atoms with Gasteiger partial charge in [-0.15, -0.1) is 11.3 Å². The van der Waals surface area contributed by atoms with Gasteiger partial charge in [0.2, 0.25) is 0 Å². The van der Waals surface area contributed by atoms with Crippen molar-refractivity contribution in [1.29, 1.82) is 5.26 Å². The molecule has 4 heteroatoms. The predicted octanol–water partition coefficient (Wildman–Crippen LogP) is 2.96. The van der Waals surface area contributed by atoms with E-state index in [0.717, 1.165) is 16.0 Å². The maximum atomic E-state index is 9.00. The van der Waals surface area contributed by atoms with Crippen LogP contribution in [0.15, 0.2) is 42.0 Å². The lowest BCUT2D eigenvalue weighted by Crippen LogP contribution is -1.92. The van der Waals surface area contributed by atoms with Crippen LogP contribution in [0.25, 0.3) is 16.0 Å². The molecule has 76 valence electrons. The molecule has 0 unspecified atom stereocenters. The van der Waals surface area contributed by atoms with E-state index in [1.807, 2.05) is 40.4 Å². The van der Waals surface area contributed by atoms with Crippen molar-refractivity contribution < 1.29 is 0 Å². The third-order valence-electron chi connectivity index (χ3n) is 2.43. The minimum atomic E-state index is 0.688. The molecule has 0 aliphatic carbocycles. The molecule has 0 amide bonds. The van der Waals surface area contributed by atoms with Crippen molar-refractivity contribution in [2.45, 2.75) is 0 Å². The van der Waals surface area contributed by atoms with Gasteiger partial charge in [-0.05, 0) is 29.6 Å². The number of aromatic nitrogens is 2. The Balaban J connectivity index is 2.31. The second-order valence-electron chi connectivity index (χ2n) is 3.35. The molecule has 0 aliphatic rings. The van der Waals surface area contributed by atoms with Gasteiger partial charge in [0.05, 0.1) is 5.56 Å². The molecule has 3 aromatic heterocycles. The van der Waals surface area contributed by atoms with Crippen molar-refractivity contribution in [2.24, 2.45) is 0 Å². The van der Waals surface area contributed by atoms with E-state index >= 15 is 0 Å². The molecule has 0 spiro atoms. The van der Waals surface area contributed by atoms with Crippen LogP contribution in [0, 0.1) is 11.3 Å². The van der Waals surface area contributed by atoms with Crippen molar-refractivity contribution in [3.8, 4) is 11.1 Å². The van der Waals surface area contributed by atoms with E-state index in [4.69, 9.17) is 5.26 Å². The summed E-state index contributed by atoms with van der Waals surface area (Å²) in [6.07, 6.45) is 3.71. The Kier molecular flexibility index (Phi) is 1.98. The fourth-order valence-corrected chi connectivity index (χ4v) is 2.54. The average molecular weight is 225 g/mol. The molecule has 0 saturated carbocycles. The highest BCUT2D eigenvalue weighted by Gasteiger charge is 2.09. The third kappa shape index (κ3) is 1.23. The van der Waals surface area contributed by atoms with E-state index in [2.05, 4.69) is 11.1 Å². The number of pyridine rings is 1. The first kappa shape index (κ1) is 9.13. The summed E-state index contributed by atoms with van der Waals surface area (Å²) in [5.74, 6) is 0. The summed E-state index contributed by atoms with van der Waals surface area (Å²) in [7, 11) is 0. The number of fused-ring (bicyclic) bond motifs is 1. The first-order valence-corrected chi connectivity index (χ1v) is 5.68. The summed E-state index contributed by atoms with van der Waals surface area (Å²) in [4.78, 5) is 4.33. The summed E-state index contributed by atoms with van der Waals surface area (Å²) in [5.41, 5.74) is 1.58. The molecule has 0 atom stereocenters. The van der Waals surface area contributed by atoms with Crippen LogP contribution < -0.4 is 0 Å². The first-order valence-electron chi connectivity index (χ1n) is 4.80. The van der Waals surface area contributed by atoms with Gasteiger partial charge in [-0.25, -0.2) is 4.98 Å². The van der Waals surface area contributed by atoms with Gasteiger partial charge >= 0.3 is 0 Å². The summed E-state index contributed by atoms with van der Waals surface area (Å²) < 4.78 is 1.96. The van der Waals surface area contributed by atoms with Gasteiger partial charge in [0, 0.05) is 17.8 Å². The van der Waals surface area contributed by atoms with Crippen LogP contribution in [0.1, 0.15) is 5.56 Å². The summed E-state index contributed by atoms with van der Waals surface area (Å²) in [5, 5.41) is 12.9. The van der Waals surface area contributed by atoms with Crippen LogP contribution in [-0.2, 0) is 0 Å². The van der Waals surface area contributed by atoms with Gasteiger partial charge in [0.1, 0.15) is 16.7 Å². The second-order valence-corrected chi connectivity index (χ2v) is 4.25. The van der Waals surface area contributed by atoms with E-state index in [1.54, 1.807) is 17.5 Å². The predicted molar refractivity (Wildman–Crippen MR) is 63.7 cm³/mol. The molecule has 0 bridgehead atoms. The Labute approximate surface area is 96.2 Å². The van der Waals surface area contributed by atoms with Gasteiger partial charge in [0.15, 0.2) is 0 Å². The fourth-order valence-electron chi connectivity index (χ4n) is 1.70. The topological polar surface area (TPSA) is 41.6 Å².